The highest BCUT2D eigenvalue weighted by Gasteiger charge is 2.37. The molecule has 5 heteroatoms. The van der Waals surface area contributed by atoms with Crippen molar-refractivity contribution in [1.82, 2.24) is 15.3 Å². The highest BCUT2D eigenvalue weighted by molar-refractivity contribution is 5.37. The van der Waals surface area contributed by atoms with Crippen molar-refractivity contribution >= 4 is 5.82 Å². The van der Waals surface area contributed by atoms with Crippen LogP contribution < -0.4 is 10.6 Å². The molecule has 0 aromatic carbocycles. The largest absolute Gasteiger partial charge is 0.365 e. The van der Waals surface area contributed by atoms with Gasteiger partial charge in [0.15, 0.2) is 11.6 Å². The Morgan fingerprint density at radius 3 is 2.47 bits per heavy atom. The molecule has 0 aliphatic carbocycles. The number of rotatable bonds is 2. The number of nitrogens with zero attached hydrogens (tertiary/aromatic N) is 2. The minimum Gasteiger partial charge on any atom is -0.365 e. The Morgan fingerprint density at radius 1 is 1.32 bits per heavy atom. The summed E-state index contributed by atoms with van der Waals surface area (Å²) in [4.78, 5) is 8.00. The second-order valence-electron chi connectivity index (χ2n) is 6.76. The molecule has 110 valence electrons. The molecule has 1 fully saturated rings. The van der Waals surface area contributed by atoms with Crippen LogP contribution >= 0.6 is 0 Å². The second-order valence-corrected chi connectivity index (χ2v) is 6.76. The molecule has 0 bridgehead atoms. The molecule has 19 heavy (non-hydrogen) atoms. The summed E-state index contributed by atoms with van der Waals surface area (Å²) in [5.41, 5.74) is 0.0515. The third-order valence-electron chi connectivity index (χ3n) is 3.40. The van der Waals surface area contributed by atoms with Crippen molar-refractivity contribution < 1.29 is 7.24 Å². The minimum absolute atomic E-state index is 0. The van der Waals surface area contributed by atoms with E-state index in [9.17, 15) is 4.39 Å². The monoisotopic (exact) mass is 270 g/mol. The number of aryl methyl sites for hydroxylation is 1. The SMILES string of the molecule is Cc1ncc(F)c(NC2CC(C)(C)NC(C)(C)C2)n1.[HH].[HH]. The Morgan fingerprint density at radius 2 is 1.89 bits per heavy atom. The Hall–Kier alpha value is -1.23. The van der Waals surface area contributed by atoms with Crippen molar-refractivity contribution in [3.8, 4) is 0 Å². The van der Waals surface area contributed by atoms with E-state index in [2.05, 4.69) is 48.3 Å². The van der Waals surface area contributed by atoms with Gasteiger partial charge in [-0.2, -0.15) is 0 Å². The summed E-state index contributed by atoms with van der Waals surface area (Å²) in [6, 6.07) is 0.204. The van der Waals surface area contributed by atoms with Gasteiger partial charge in [-0.3, -0.25) is 0 Å². The van der Waals surface area contributed by atoms with Crippen molar-refractivity contribution in [2.45, 2.75) is 64.6 Å². The minimum atomic E-state index is -0.389. The number of halogens is 1. The summed E-state index contributed by atoms with van der Waals surface area (Å²) in [6.45, 7) is 10.4. The topological polar surface area (TPSA) is 49.8 Å². The molecule has 0 saturated carbocycles. The van der Waals surface area contributed by atoms with Crippen molar-refractivity contribution in [3.05, 3.63) is 17.8 Å². The molecule has 1 aliphatic heterocycles. The maximum absolute atomic E-state index is 13.7. The van der Waals surface area contributed by atoms with E-state index in [-0.39, 0.29) is 25.8 Å². The highest BCUT2D eigenvalue weighted by Crippen LogP contribution is 2.30. The highest BCUT2D eigenvalue weighted by atomic mass is 19.1. The lowest BCUT2D eigenvalue weighted by Crippen LogP contribution is -2.60. The fourth-order valence-corrected chi connectivity index (χ4v) is 3.17. The lowest BCUT2D eigenvalue weighted by atomic mass is 9.79. The number of hydrogen-bond acceptors (Lipinski definition) is 4. The standard InChI is InChI=1S/C14H23FN4.2H2/c1-9-16-8-11(15)12(17-9)18-10-6-13(2,3)19-14(4,5)7-10;;/h8,10,19H,6-7H2,1-5H3,(H,16,17,18);2*1H. The molecule has 1 aromatic heterocycles. The first-order valence-corrected chi connectivity index (χ1v) is 6.72. The molecule has 0 radical (unpaired) electrons. The Bertz CT molecular complexity index is 464. The Kier molecular flexibility index (Phi) is 3.51. The lowest BCUT2D eigenvalue weighted by molar-refractivity contribution is 0.170. The molecule has 0 atom stereocenters. The zero-order chi connectivity index (χ0) is 14.3. The van der Waals surface area contributed by atoms with E-state index in [1.54, 1.807) is 6.92 Å². The molecular weight excluding hydrogens is 243 g/mol. The molecule has 2 N–H and O–H groups in total. The molecule has 1 aromatic rings. The van der Waals surface area contributed by atoms with Gasteiger partial charge < -0.3 is 10.6 Å². The summed E-state index contributed by atoms with van der Waals surface area (Å²) in [5, 5.41) is 6.84. The van der Waals surface area contributed by atoms with Gasteiger partial charge in [0.2, 0.25) is 0 Å². The number of nitrogens with one attached hydrogen (secondary N) is 2. The predicted octanol–water partition coefficient (Wildman–Crippen LogP) is 3.14. The summed E-state index contributed by atoms with van der Waals surface area (Å²) >= 11 is 0. The van der Waals surface area contributed by atoms with E-state index in [0.29, 0.717) is 11.6 Å². The van der Waals surface area contributed by atoms with E-state index in [4.69, 9.17) is 0 Å². The van der Waals surface area contributed by atoms with Gasteiger partial charge in [-0.15, -0.1) is 0 Å². The van der Waals surface area contributed by atoms with Crippen LogP contribution in [0.5, 0.6) is 0 Å². The average Bonchev–Trinajstić information content (AvgIpc) is 2.18. The molecule has 1 aliphatic rings. The van der Waals surface area contributed by atoms with Gasteiger partial charge in [0.25, 0.3) is 0 Å². The van der Waals surface area contributed by atoms with E-state index < -0.39 is 0 Å². The van der Waals surface area contributed by atoms with Crippen LogP contribution in [0.15, 0.2) is 6.20 Å². The van der Waals surface area contributed by atoms with E-state index in [0.717, 1.165) is 12.8 Å². The summed E-state index contributed by atoms with van der Waals surface area (Å²) in [6.07, 6.45) is 3.08. The van der Waals surface area contributed by atoms with Gasteiger partial charge in [-0.05, 0) is 47.5 Å². The van der Waals surface area contributed by atoms with Gasteiger partial charge in [0, 0.05) is 20.0 Å². The first kappa shape index (κ1) is 14.2. The summed E-state index contributed by atoms with van der Waals surface area (Å²) in [7, 11) is 0. The zero-order valence-electron chi connectivity index (χ0n) is 12.3. The molecule has 0 amide bonds. The molecule has 0 spiro atoms. The first-order chi connectivity index (χ1) is 8.67. The fourth-order valence-electron chi connectivity index (χ4n) is 3.17. The first-order valence-electron chi connectivity index (χ1n) is 6.72. The Labute approximate surface area is 117 Å². The number of piperidine rings is 1. The van der Waals surface area contributed by atoms with Gasteiger partial charge in [-0.25, -0.2) is 14.4 Å². The molecule has 4 nitrogen and oxygen atoms in total. The van der Waals surface area contributed by atoms with Crippen molar-refractivity contribution in [2.75, 3.05) is 5.32 Å². The second kappa shape index (κ2) is 4.71. The fraction of sp³-hybridized carbons (Fsp3) is 0.714. The van der Waals surface area contributed by atoms with Crippen LogP contribution in [-0.4, -0.2) is 27.1 Å². The van der Waals surface area contributed by atoms with Crippen LogP contribution in [0.1, 0.15) is 49.2 Å². The lowest BCUT2D eigenvalue weighted by Gasteiger charge is -2.46. The normalized spacial score (nSPS) is 22.2. The van der Waals surface area contributed by atoms with Crippen LogP contribution in [0.4, 0.5) is 10.2 Å². The smallest absolute Gasteiger partial charge is 0.183 e. The maximum Gasteiger partial charge on any atom is 0.183 e. The molecular formula is C14H27FN4. The van der Waals surface area contributed by atoms with Crippen LogP contribution in [0.3, 0.4) is 0 Å². The third kappa shape index (κ3) is 3.62. The molecule has 1 saturated heterocycles. The van der Waals surface area contributed by atoms with Gasteiger partial charge in [-0.1, -0.05) is 0 Å². The molecule has 2 heterocycles. The maximum atomic E-state index is 13.7. The van der Waals surface area contributed by atoms with Crippen molar-refractivity contribution in [3.63, 3.8) is 0 Å². The Balaban J connectivity index is 0.00000200. The van der Waals surface area contributed by atoms with Crippen LogP contribution in [-0.2, 0) is 0 Å². The van der Waals surface area contributed by atoms with Crippen LogP contribution in [0, 0.1) is 12.7 Å². The number of aromatic nitrogens is 2. The average molecular weight is 270 g/mol. The van der Waals surface area contributed by atoms with E-state index in [1.165, 1.54) is 6.20 Å². The predicted molar refractivity (Wildman–Crippen MR) is 78.9 cm³/mol. The molecule has 2 rings (SSSR count). The molecule has 0 unspecified atom stereocenters. The zero-order valence-corrected chi connectivity index (χ0v) is 12.3. The van der Waals surface area contributed by atoms with Gasteiger partial charge in [0.1, 0.15) is 5.82 Å². The summed E-state index contributed by atoms with van der Waals surface area (Å²) < 4.78 is 13.7. The van der Waals surface area contributed by atoms with E-state index in [1.807, 2.05) is 0 Å². The van der Waals surface area contributed by atoms with E-state index >= 15 is 0 Å². The van der Waals surface area contributed by atoms with Crippen molar-refractivity contribution in [1.29, 1.82) is 0 Å². The van der Waals surface area contributed by atoms with Crippen LogP contribution in [0.2, 0.25) is 0 Å². The van der Waals surface area contributed by atoms with Gasteiger partial charge in [0.05, 0.1) is 6.20 Å². The number of anilines is 1. The third-order valence-corrected chi connectivity index (χ3v) is 3.40. The summed E-state index contributed by atoms with van der Waals surface area (Å²) in [5.74, 6) is 0.502. The van der Waals surface area contributed by atoms with Crippen LogP contribution in [0.25, 0.3) is 0 Å². The number of hydrogen-bond donors (Lipinski definition) is 2. The van der Waals surface area contributed by atoms with Gasteiger partial charge >= 0.3 is 0 Å². The quantitative estimate of drug-likeness (QED) is 0.867. The van der Waals surface area contributed by atoms with Crippen molar-refractivity contribution in [2.24, 2.45) is 0 Å².